The van der Waals surface area contributed by atoms with Crippen LogP contribution in [0.2, 0.25) is 10.0 Å². The highest BCUT2D eigenvalue weighted by Gasteiger charge is 2.20. The Balaban J connectivity index is 1.65. The topological polar surface area (TPSA) is 76.9 Å². The van der Waals surface area contributed by atoms with Crippen molar-refractivity contribution in [3.8, 4) is 5.69 Å². The Kier molecular flexibility index (Phi) is 7.17. The third-order valence-electron chi connectivity index (χ3n) is 4.54. The molecule has 10 heteroatoms. The number of thioether (sulfide) groups is 1. The van der Waals surface area contributed by atoms with Gasteiger partial charge in [0.15, 0.2) is 11.0 Å². The van der Waals surface area contributed by atoms with Crippen LogP contribution in [0.4, 0.5) is 0 Å². The van der Waals surface area contributed by atoms with Crippen molar-refractivity contribution in [1.29, 1.82) is 0 Å². The molecule has 0 bridgehead atoms. The smallest absolute Gasteiger partial charge is 0.240 e. The van der Waals surface area contributed by atoms with E-state index in [4.69, 9.17) is 23.2 Å². The van der Waals surface area contributed by atoms with Crippen LogP contribution >= 0.6 is 35.0 Å². The minimum Gasteiger partial charge on any atom is -0.271 e. The molecule has 32 heavy (non-hydrogen) atoms. The molecule has 0 aliphatic heterocycles. The third kappa shape index (κ3) is 5.33. The van der Waals surface area contributed by atoms with Gasteiger partial charge in [0.25, 0.3) is 0 Å². The lowest BCUT2D eigenvalue weighted by Gasteiger charge is -2.13. The molecule has 0 saturated carbocycles. The van der Waals surface area contributed by atoms with Gasteiger partial charge in [-0.3, -0.25) is 4.57 Å². The second-order valence-electron chi connectivity index (χ2n) is 6.74. The molecule has 0 amide bonds. The van der Waals surface area contributed by atoms with Crippen LogP contribution in [-0.4, -0.2) is 23.2 Å². The van der Waals surface area contributed by atoms with E-state index in [1.165, 1.54) is 23.9 Å². The van der Waals surface area contributed by atoms with Gasteiger partial charge in [-0.25, -0.2) is 13.1 Å². The van der Waals surface area contributed by atoms with Gasteiger partial charge >= 0.3 is 0 Å². The molecular formula is C22H18Cl2N4O2S2. The Hall–Kier alpha value is -2.36. The number of nitrogens with one attached hydrogen (secondary N) is 1. The maximum atomic E-state index is 12.7. The highest BCUT2D eigenvalue weighted by Crippen LogP contribution is 2.30. The van der Waals surface area contributed by atoms with E-state index in [9.17, 15) is 8.42 Å². The summed E-state index contributed by atoms with van der Waals surface area (Å²) >= 11 is 14.0. The van der Waals surface area contributed by atoms with Crippen molar-refractivity contribution in [1.82, 2.24) is 19.5 Å². The number of sulfonamides is 1. The van der Waals surface area contributed by atoms with Crippen molar-refractivity contribution in [3.05, 3.63) is 100 Å². The average molecular weight is 505 g/mol. The van der Waals surface area contributed by atoms with Crippen LogP contribution in [0.5, 0.6) is 0 Å². The van der Waals surface area contributed by atoms with E-state index in [0.29, 0.717) is 32.5 Å². The largest absolute Gasteiger partial charge is 0.271 e. The van der Waals surface area contributed by atoms with Crippen LogP contribution < -0.4 is 4.72 Å². The van der Waals surface area contributed by atoms with Crippen molar-refractivity contribution in [3.63, 3.8) is 0 Å². The van der Waals surface area contributed by atoms with Gasteiger partial charge in [0, 0.05) is 10.8 Å². The van der Waals surface area contributed by atoms with E-state index in [2.05, 4.69) is 14.9 Å². The average Bonchev–Trinajstić information content (AvgIpc) is 3.20. The lowest BCUT2D eigenvalue weighted by Crippen LogP contribution is -2.25. The van der Waals surface area contributed by atoms with Gasteiger partial charge in [-0.15, -0.1) is 10.2 Å². The summed E-state index contributed by atoms with van der Waals surface area (Å²) < 4.78 is 29.7. The molecule has 164 valence electrons. The van der Waals surface area contributed by atoms with Gasteiger partial charge in [-0.1, -0.05) is 83.5 Å². The molecule has 0 aliphatic carbocycles. The predicted octanol–water partition coefficient (Wildman–Crippen LogP) is 5.34. The maximum Gasteiger partial charge on any atom is 0.240 e. The number of hydrogen-bond acceptors (Lipinski definition) is 5. The lowest BCUT2D eigenvalue weighted by atomic mass is 10.2. The molecule has 1 N–H and O–H groups in total. The summed E-state index contributed by atoms with van der Waals surface area (Å²) in [5.41, 5.74) is 1.74. The fourth-order valence-electron chi connectivity index (χ4n) is 2.98. The third-order valence-corrected chi connectivity index (χ3v) is 7.49. The first-order valence-electron chi connectivity index (χ1n) is 9.55. The summed E-state index contributed by atoms with van der Waals surface area (Å²) in [5, 5.41) is 10.0. The molecule has 0 fully saturated rings. The number of nitrogens with zero attached hydrogens (tertiary/aromatic N) is 3. The van der Waals surface area contributed by atoms with Gasteiger partial charge in [0.05, 0.1) is 22.2 Å². The van der Waals surface area contributed by atoms with Crippen LogP contribution in [0.1, 0.15) is 11.4 Å². The second-order valence-corrected chi connectivity index (χ2v) is 10.3. The van der Waals surface area contributed by atoms with E-state index in [0.717, 1.165) is 5.56 Å². The molecule has 0 atom stereocenters. The summed E-state index contributed by atoms with van der Waals surface area (Å²) in [6.07, 6.45) is 0. The minimum absolute atomic E-state index is 0.0604. The zero-order valence-electron chi connectivity index (χ0n) is 16.7. The number of hydrogen-bond donors (Lipinski definition) is 1. The molecule has 1 heterocycles. The summed E-state index contributed by atoms with van der Waals surface area (Å²) in [6, 6.07) is 23.2. The van der Waals surface area contributed by atoms with Crippen molar-refractivity contribution in [2.24, 2.45) is 0 Å². The Labute approximate surface area is 200 Å². The summed E-state index contributed by atoms with van der Waals surface area (Å²) in [7, 11) is -3.71. The SMILES string of the molecule is O=S(=O)(NCc1nnc(SCc2ccccc2)n1-c1ccc(Cl)cc1Cl)c1ccccc1. The van der Waals surface area contributed by atoms with Crippen molar-refractivity contribution in [2.75, 3.05) is 0 Å². The molecule has 1 aromatic heterocycles. The minimum atomic E-state index is -3.71. The van der Waals surface area contributed by atoms with Crippen molar-refractivity contribution in [2.45, 2.75) is 22.3 Å². The number of benzene rings is 3. The van der Waals surface area contributed by atoms with Crippen molar-refractivity contribution >= 4 is 45.0 Å². The van der Waals surface area contributed by atoms with Gasteiger partial charge < -0.3 is 0 Å². The summed E-state index contributed by atoms with van der Waals surface area (Å²) in [5.74, 6) is 1.07. The zero-order chi connectivity index (χ0) is 22.6. The first-order chi connectivity index (χ1) is 15.4. The Morgan fingerprint density at radius 3 is 2.28 bits per heavy atom. The molecule has 3 aromatic carbocycles. The summed E-state index contributed by atoms with van der Waals surface area (Å²) in [4.78, 5) is 0.175. The molecule has 0 unspecified atom stereocenters. The van der Waals surface area contributed by atoms with Gasteiger partial charge in [0.2, 0.25) is 10.0 Å². The Morgan fingerprint density at radius 2 is 1.59 bits per heavy atom. The quantitative estimate of drug-likeness (QED) is 0.327. The van der Waals surface area contributed by atoms with Crippen LogP contribution in [0, 0.1) is 0 Å². The second kappa shape index (κ2) is 10.1. The zero-order valence-corrected chi connectivity index (χ0v) is 19.8. The molecular weight excluding hydrogens is 487 g/mol. The lowest BCUT2D eigenvalue weighted by molar-refractivity contribution is 0.578. The molecule has 4 rings (SSSR count). The van der Waals surface area contributed by atoms with Crippen LogP contribution in [0.25, 0.3) is 5.69 Å². The van der Waals surface area contributed by atoms with Gasteiger partial charge in [0.1, 0.15) is 0 Å². The molecule has 0 spiro atoms. The fraction of sp³-hybridized carbons (Fsp3) is 0.0909. The monoisotopic (exact) mass is 504 g/mol. The van der Waals surface area contributed by atoms with E-state index >= 15 is 0 Å². The van der Waals surface area contributed by atoms with Gasteiger partial charge in [-0.05, 0) is 35.9 Å². The fourth-order valence-corrected chi connectivity index (χ4v) is 5.39. The standard InChI is InChI=1S/C22H18Cl2N4O2S2/c23-17-11-12-20(19(24)13-17)28-21(14-25-32(29,30)18-9-5-2-6-10-18)26-27-22(28)31-15-16-7-3-1-4-8-16/h1-13,25H,14-15H2. The molecule has 4 aromatic rings. The Bertz CT molecular complexity index is 1310. The summed E-state index contributed by atoms with van der Waals surface area (Å²) in [6.45, 7) is -0.0604. The normalized spacial score (nSPS) is 11.6. The van der Waals surface area contributed by atoms with E-state index in [-0.39, 0.29) is 11.4 Å². The highest BCUT2D eigenvalue weighted by molar-refractivity contribution is 7.98. The number of aromatic nitrogens is 3. The van der Waals surface area contributed by atoms with E-state index < -0.39 is 10.0 Å². The van der Waals surface area contributed by atoms with Crippen LogP contribution in [-0.2, 0) is 22.3 Å². The molecule has 6 nitrogen and oxygen atoms in total. The van der Waals surface area contributed by atoms with Gasteiger partial charge in [-0.2, -0.15) is 0 Å². The number of halogens is 2. The first-order valence-corrected chi connectivity index (χ1v) is 12.8. The first kappa shape index (κ1) is 22.8. The van der Waals surface area contributed by atoms with E-state index in [1.54, 1.807) is 41.0 Å². The Morgan fingerprint density at radius 1 is 0.906 bits per heavy atom. The predicted molar refractivity (Wildman–Crippen MR) is 128 cm³/mol. The molecule has 0 radical (unpaired) electrons. The molecule has 0 saturated heterocycles. The van der Waals surface area contributed by atoms with Crippen LogP contribution in [0.15, 0.2) is 88.9 Å². The van der Waals surface area contributed by atoms with Crippen molar-refractivity contribution < 1.29 is 8.42 Å². The van der Waals surface area contributed by atoms with Crippen LogP contribution in [0.3, 0.4) is 0 Å². The number of rotatable bonds is 8. The van der Waals surface area contributed by atoms with E-state index in [1.807, 2.05) is 30.3 Å². The maximum absolute atomic E-state index is 12.7. The highest BCUT2D eigenvalue weighted by atomic mass is 35.5. The molecule has 0 aliphatic rings.